The highest BCUT2D eigenvalue weighted by Crippen LogP contribution is 2.29. The molecule has 0 spiro atoms. The van der Waals surface area contributed by atoms with Gasteiger partial charge in [0.15, 0.2) is 5.82 Å². The van der Waals surface area contributed by atoms with E-state index in [9.17, 15) is 22.3 Å². The smallest absolute Gasteiger partial charge is 0.246 e. The van der Waals surface area contributed by atoms with E-state index in [0.29, 0.717) is 12.8 Å². The van der Waals surface area contributed by atoms with Crippen LogP contribution in [0.25, 0.3) is 0 Å². The first-order valence-corrected chi connectivity index (χ1v) is 8.05. The molecule has 21 heavy (non-hydrogen) atoms. The van der Waals surface area contributed by atoms with Crippen molar-refractivity contribution in [2.45, 2.75) is 36.7 Å². The third-order valence-corrected chi connectivity index (χ3v) is 5.65. The molecule has 0 saturated carbocycles. The predicted octanol–water partition coefficient (Wildman–Crippen LogP) is 1.47. The first-order chi connectivity index (χ1) is 9.65. The second-order valence-electron chi connectivity index (χ2n) is 5.53. The van der Waals surface area contributed by atoms with Gasteiger partial charge in [0.05, 0.1) is 5.60 Å². The summed E-state index contributed by atoms with van der Waals surface area (Å²) in [5, 5.41) is 9.98. The van der Waals surface area contributed by atoms with Crippen LogP contribution in [-0.4, -0.2) is 36.5 Å². The number of hydrogen-bond acceptors (Lipinski definition) is 4. The molecule has 0 radical (unpaired) electrons. The molecule has 118 valence electrons. The molecule has 1 aliphatic heterocycles. The zero-order valence-corrected chi connectivity index (χ0v) is 12.5. The highest BCUT2D eigenvalue weighted by atomic mass is 32.2. The van der Waals surface area contributed by atoms with Gasteiger partial charge in [-0.1, -0.05) is 0 Å². The average molecular weight is 320 g/mol. The minimum absolute atomic E-state index is 0.0755. The molecule has 1 atom stereocenters. The number of nitrogens with zero attached hydrogens (tertiary/aromatic N) is 1. The van der Waals surface area contributed by atoms with Crippen molar-refractivity contribution in [3.63, 3.8) is 0 Å². The van der Waals surface area contributed by atoms with Crippen LogP contribution in [0.2, 0.25) is 0 Å². The van der Waals surface area contributed by atoms with E-state index in [1.807, 2.05) is 0 Å². The third kappa shape index (κ3) is 3.17. The van der Waals surface area contributed by atoms with E-state index >= 15 is 0 Å². The Hall–Kier alpha value is -1.25. The summed E-state index contributed by atoms with van der Waals surface area (Å²) in [6.45, 7) is 1.89. The van der Waals surface area contributed by atoms with E-state index in [0.717, 1.165) is 16.4 Å². The SMILES string of the molecule is CC1(O)CCCN(S(=O)(=O)c2ccc(F)c(N)c2F)CC1. The van der Waals surface area contributed by atoms with Crippen molar-refractivity contribution in [3.8, 4) is 0 Å². The van der Waals surface area contributed by atoms with Gasteiger partial charge in [0, 0.05) is 13.1 Å². The summed E-state index contributed by atoms with van der Waals surface area (Å²) in [6.07, 6.45) is 1.18. The van der Waals surface area contributed by atoms with Gasteiger partial charge in [0.2, 0.25) is 10.0 Å². The minimum Gasteiger partial charge on any atom is -0.394 e. The molecule has 1 aliphatic rings. The van der Waals surface area contributed by atoms with Crippen LogP contribution in [0.3, 0.4) is 0 Å². The number of nitrogens with two attached hydrogens (primary N) is 1. The van der Waals surface area contributed by atoms with Crippen molar-refractivity contribution in [1.82, 2.24) is 4.31 Å². The number of rotatable bonds is 2. The Morgan fingerprint density at radius 2 is 1.95 bits per heavy atom. The summed E-state index contributed by atoms with van der Waals surface area (Å²) < 4.78 is 53.1. The maximum Gasteiger partial charge on any atom is 0.246 e. The fourth-order valence-corrected chi connectivity index (χ4v) is 3.92. The lowest BCUT2D eigenvalue weighted by atomic mass is 9.98. The number of sulfonamides is 1. The molecule has 0 bridgehead atoms. The molecule has 8 heteroatoms. The Bertz CT molecular complexity index is 647. The van der Waals surface area contributed by atoms with Gasteiger partial charge in [0.1, 0.15) is 16.4 Å². The third-order valence-electron chi connectivity index (χ3n) is 3.73. The summed E-state index contributed by atoms with van der Waals surface area (Å²) in [5.74, 6) is -2.27. The highest BCUT2D eigenvalue weighted by molar-refractivity contribution is 7.89. The van der Waals surface area contributed by atoms with Crippen molar-refractivity contribution in [1.29, 1.82) is 0 Å². The van der Waals surface area contributed by atoms with Crippen LogP contribution in [-0.2, 0) is 10.0 Å². The standard InChI is InChI=1S/C13H18F2N2O3S/c1-13(18)5-2-7-17(8-6-13)21(19,20)10-4-3-9(14)12(16)11(10)15/h3-4,18H,2,5-8,16H2,1H3. The summed E-state index contributed by atoms with van der Waals surface area (Å²) in [7, 11) is -4.10. The number of hydrogen-bond donors (Lipinski definition) is 2. The molecule has 1 heterocycles. The van der Waals surface area contributed by atoms with Gasteiger partial charge in [-0.25, -0.2) is 17.2 Å². The maximum absolute atomic E-state index is 13.9. The van der Waals surface area contributed by atoms with E-state index in [-0.39, 0.29) is 19.5 Å². The molecular weight excluding hydrogens is 302 g/mol. The predicted molar refractivity (Wildman–Crippen MR) is 74.0 cm³/mol. The van der Waals surface area contributed by atoms with E-state index in [2.05, 4.69) is 0 Å². The molecule has 0 amide bonds. The lowest BCUT2D eigenvalue weighted by molar-refractivity contribution is 0.0465. The molecule has 0 aromatic heterocycles. The molecule has 1 aromatic rings. The topological polar surface area (TPSA) is 83.6 Å². The first kappa shape index (κ1) is 16.1. The Morgan fingerprint density at radius 1 is 1.29 bits per heavy atom. The number of benzene rings is 1. The lowest BCUT2D eigenvalue weighted by Crippen LogP contribution is -2.34. The van der Waals surface area contributed by atoms with Gasteiger partial charge in [-0.15, -0.1) is 0 Å². The number of halogens is 2. The lowest BCUT2D eigenvalue weighted by Gasteiger charge is -2.22. The normalized spacial score (nSPS) is 24.8. The van der Waals surface area contributed by atoms with Crippen LogP contribution in [0.1, 0.15) is 26.2 Å². The van der Waals surface area contributed by atoms with Crippen LogP contribution in [0.15, 0.2) is 17.0 Å². The second kappa shape index (κ2) is 5.51. The molecule has 0 aliphatic carbocycles. The van der Waals surface area contributed by atoms with E-state index < -0.39 is 37.8 Å². The Balaban J connectivity index is 2.37. The largest absolute Gasteiger partial charge is 0.394 e. The number of anilines is 1. The van der Waals surface area contributed by atoms with Gasteiger partial charge in [-0.3, -0.25) is 0 Å². The van der Waals surface area contributed by atoms with Crippen LogP contribution < -0.4 is 5.73 Å². The van der Waals surface area contributed by atoms with Crippen LogP contribution >= 0.6 is 0 Å². The summed E-state index contributed by atoms with van der Waals surface area (Å²) in [5.41, 5.74) is 3.46. The highest BCUT2D eigenvalue weighted by Gasteiger charge is 2.33. The van der Waals surface area contributed by atoms with E-state index in [1.165, 1.54) is 0 Å². The van der Waals surface area contributed by atoms with Crippen LogP contribution in [0.4, 0.5) is 14.5 Å². The van der Waals surface area contributed by atoms with Crippen LogP contribution in [0.5, 0.6) is 0 Å². The molecule has 2 rings (SSSR count). The minimum atomic E-state index is -4.10. The van der Waals surface area contributed by atoms with Crippen LogP contribution in [0, 0.1) is 11.6 Å². The fraction of sp³-hybridized carbons (Fsp3) is 0.538. The van der Waals surface area contributed by atoms with Gasteiger partial charge >= 0.3 is 0 Å². The van der Waals surface area contributed by atoms with Gasteiger partial charge < -0.3 is 10.8 Å². The molecule has 3 N–H and O–H groups in total. The van der Waals surface area contributed by atoms with E-state index in [1.54, 1.807) is 6.92 Å². The van der Waals surface area contributed by atoms with Crippen molar-refractivity contribution in [2.75, 3.05) is 18.8 Å². The monoisotopic (exact) mass is 320 g/mol. The molecule has 1 aromatic carbocycles. The number of aliphatic hydroxyl groups is 1. The van der Waals surface area contributed by atoms with Crippen molar-refractivity contribution in [2.24, 2.45) is 0 Å². The maximum atomic E-state index is 13.9. The zero-order valence-electron chi connectivity index (χ0n) is 11.6. The quantitative estimate of drug-likeness (QED) is 0.808. The average Bonchev–Trinajstić information content (AvgIpc) is 2.57. The number of nitrogen functional groups attached to an aromatic ring is 1. The van der Waals surface area contributed by atoms with Crippen molar-refractivity contribution < 1.29 is 22.3 Å². The summed E-state index contributed by atoms with van der Waals surface area (Å²) in [4.78, 5) is -0.636. The molecule has 1 saturated heterocycles. The Morgan fingerprint density at radius 3 is 2.62 bits per heavy atom. The second-order valence-corrected chi connectivity index (χ2v) is 7.43. The fourth-order valence-electron chi connectivity index (χ4n) is 2.37. The molecule has 1 unspecified atom stereocenters. The van der Waals surface area contributed by atoms with Gasteiger partial charge in [0.25, 0.3) is 0 Å². The Kier molecular flexibility index (Phi) is 4.23. The van der Waals surface area contributed by atoms with Crippen molar-refractivity contribution >= 4 is 15.7 Å². The molecular formula is C13H18F2N2O3S. The van der Waals surface area contributed by atoms with Crippen molar-refractivity contribution in [3.05, 3.63) is 23.8 Å². The van der Waals surface area contributed by atoms with Gasteiger partial charge in [-0.05, 0) is 38.3 Å². The molecule has 5 nitrogen and oxygen atoms in total. The zero-order chi connectivity index (χ0) is 15.8. The summed E-state index contributed by atoms with van der Waals surface area (Å²) in [6, 6.07) is 1.71. The summed E-state index contributed by atoms with van der Waals surface area (Å²) >= 11 is 0. The van der Waals surface area contributed by atoms with Gasteiger partial charge in [-0.2, -0.15) is 4.31 Å². The first-order valence-electron chi connectivity index (χ1n) is 6.61. The Labute approximate surface area is 122 Å². The van der Waals surface area contributed by atoms with E-state index in [4.69, 9.17) is 5.73 Å². The molecule has 1 fully saturated rings.